The summed E-state index contributed by atoms with van der Waals surface area (Å²) in [4.78, 5) is 24.6. The smallest absolute Gasteiger partial charge is 0.317 e. The molecule has 2 N–H and O–H groups in total. The third kappa shape index (κ3) is 3.04. The number of nitrogens with one attached hydrogen (secondary N) is 1. The van der Waals surface area contributed by atoms with Crippen LogP contribution in [0, 0.1) is 5.92 Å². The number of carboxylic acids is 1. The molecule has 1 aromatic carbocycles. The molecular weight excluding hydrogens is 304 g/mol. The average Bonchev–Trinajstić information content (AvgIpc) is 2.93. The Labute approximate surface area is 134 Å². The number of benzene rings is 1. The van der Waals surface area contributed by atoms with E-state index in [9.17, 15) is 9.59 Å². The summed E-state index contributed by atoms with van der Waals surface area (Å²) in [6, 6.07) is 7.81. The van der Waals surface area contributed by atoms with Crippen LogP contribution in [0.5, 0.6) is 0 Å². The minimum Gasteiger partial charge on any atom is -0.481 e. The number of rotatable bonds is 3. The molecule has 1 saturated heterocycles. The van der Waals surface area contributed by atoms with Gasteiger partial charge in [0, 0.05) is 24.2 Å². The second-order valence-electron chi connectivity index (χ2n) is 6.11. The topological polar surface area (TPSA) is 69.6 Å². The lowest BCUT2D eigenvalue weighted by molar-refractivity contribution is -0.141. The van der Waals surface area contributed by atoms with Crippen LogP contribution in [0.3, 0.4) is 0 Å². The molecule has 0 aromatic heterocycles. The Morgan fingerprint density at radius 2 is 2.00 bits per heavy atom. The largest absolute Gasteiger partial charge is 0.481 e. The van der Waals surface area contributed by atoms with Crippen molar-refractivity contribution in [2.45, 2.75) is 31.2 Å². The van der Waals surface area contributed by atoms with Gasteiger partial charge in [-0.3, -0.25) is 4.79 Å². The summed E-state index contributed by atoms with van der Waals surface area (Å²) in [5.74, 6) is -0.856. The zero-order valence-corrected chi connectivity index (χ0v) is 12.9. The molecule has 1 unspecified atom stereocenters. The zero-order valence-electron chi connectivity index (χ0n) is 12.2. The molecule has 0 spiro atoms. The van der Waals surface area contributed by atoms with E-state index in [-0.39, 0.29) is 12.1 Å². The number of urea groups is 1. The number of carboxylic acid groups (broad SMARTS) is 1. The predicted molar refractivity (Wildman–Crippen MR) is 83.1 cm³/mol. The quantitative estimate of drug-likeness (QED) is 0.899. The first-order valence-electron chi connectivity index (χ1n) is 7.57. The van der Waals surface area contributed by atoms with Crippen molar-refractivity contribution in [3.8, 4) is 0 Å². The van der Waals surface area contributed by atoms with E-state index < -0.39 is 11.9 Å². The Kier molecular flexibility index (Phi) is 4.25. The zero-order chi connectivity index (χ0) is 15.7. The van der Waals surface area contributed by atoms with Gasteiger partial charge in [0.05, 0.1) is 5.92 Å². The summed E-state index contributed by atoms with van der Waals surface area (Å²) in [7, 11) is 0. The molecule has 1 heterocycles. The SMILES string of the molecule is O=C(O)C1CCN(C(=O)NC2CC(c3ccccc3Cl)C2)C1. The van der Waals surface area contributed by atoms with Crippen LogP contribution >= 0.6 is 11.6 Å². The highest BCUT2D eigenvalue weighted by atomic mass is 35.5. The standard InChI is InChI=1S/C16H19ClN2O3/c17-14-4-2-1-3-13(14)11-7-12(8-11)18-16(22)19-6-5-10(9-19)15(20)21/h1-4,10-12H,5-9H2,(H,18,22)(H,20,21). The lowest BCUT2D eigenvalue weighted by Gasteiger charge is -2.37. The molecular formula is C16H19ClN2O3. The molecule has 2 aliphatic rings. The normalized spacial score (nSPS) is 27.3. The number of amides is 2. The number of carbonyl (C=O) groups is 2. The molecule has 6 heteroatoms. The maximum atomic E-state index is 12.1. The molecule has 1 aliphatic heterocycles. The van der Waals surface area contributed by atoms with E-state index in [1.54, 1.807) is 4.90 Å². The number of hydrogen-bond donors (Lipinski definition) is 2. The van der Waals surface area contributed by atoms with Crippen LogP contribution in [0.15, 0.2) is 24.3 Å². The van der Waals surface area contributed by atoms with E-state index in [2.05, 4.69) is 5.32 Å². The molecule has 2 amide bonds. The van der Waals surface area contributed by atoms with Crippen LogP contribution in [0.4, 0.5) is 4.79 Å². The molecule has 118 valence electrons. The third-order valence-corrected chi connectivity index (χ3v) is 4.98. The van der Waals surface area contributed by atoms with Crippen molar-refractivity contribution in [3.63, 3.8) is 0 Å². The van der Waals surface area contributed by atoms with Gasteiger partial charge < -0.3 is 15.3 Å². The molecule has 22 heavy (non-hydrogen) atoms. The number of carbonyl (C=O) groups excluding carboxylic acids is 1. The van der Waals surface area contributed by atoms with E-state index in [1.165, 1.54) is 0 Å². The second-order valence-corrected chi connectivity index (χ2v) is 6.51. The highest BCUT2D eigenvalue weighted by Gasteiger charge is 2.35. The van der Waals surface area contributed by atoms with Gasteiger partial charge in [0.2, 0.25) is 0 Å². The highest BCUT2D eigenvalue weighted by Crippen LogP contribution is 2.40. The summed E-state index contributed by atoms with van der Waals surface area (Å²) in [5, 5.41) is 12.7. The summed E-state index contributed by atoms with van der Waals surface area (Å²) < 4.78 is 0. The Hall–Kier alpha value is -1.75. The molecule has 1 atom stereocenters. The van der Waals surface area contributed by atoms with E-state index in [1.807, 2.05) is 24.3 Å². The van der Waals surface area contributed by atoms with Gasteiger partial charge in [-0.05, 0) is 36.8 Å². The lowest BCUT2D eigenvalue weighted by atomic mass is 9.76. The molecule has 0 radical (unpaired) electrons. The molecule has 1 saturated carbocycles. The summed E-state index contributed by atoms with van der Waals surface area (Å²) in [5.41, 5.74) is 1.14. The van der Waals surface area contributed by atoms with E-state index in [4.69, 9.17) is 16.7 Å². The van der Waals surface area contributed by atoms with Crippen molar-refractivity contribution in [2.24, 2.45) is 5.92 Å². The van der Waals surface area contributed by atoms with Gasteiger partial charge in [0.15, 0.2) is 0 Å². The Balaban J connectivity index is 1.47. The first-order valence-corrected chi connectivity index (χ1v) is 7.95. The van der Waals surface area contributed by atoms with Crippen molar-refractivity contribution in [2.75, 3.05) is 13.1 Å². The molecule has 3 rings (SSSR count). The van der Waals surface area contributed by atoms with Gasteiger partial charge in [-0.1, -0.05) is 29.8 Å². The van der Waals surface area contributed by atoms with E-state index in [0.29, 0.717) is 25.4 Å². The second kappa shape index (κ2) is 6.16. The average molecular weight is 323 g/mol. The molecule has 1 aromatic rings. The Bertz CT molecular complexity index is 587. The Morgan fingerprint density at radius 3 is 2.64 bits per heavy atom. The van der Waals surface area contributed by atoms with Gasteiger partial charge in [-0.15, -0.1) is 0 Å². The maximum absolute atomic E-state index is 12.1. The summed E-state index contributed by atoms with van der Waals surface area (Å²) >= 11 is 6.18. The first-order chi connectivity index (χ1) is 10.5. The number of likely N-dealkylation sites (tertiary alicyclic amines) is 1. The monoisotopic (exact) mass is 322 g/mol. The highest BCUT2D eigenvalue weighted by molar-refractivity contribution is 6.31. The van der Waals surface area contributed by atoms with Crippen molar-refractivity contribution in [1.82, 2.24) is 10.2 Å². The molecule has 2 fully saturated rings. The van der Waals surface area contributed by atoms with Crippen LogP contribution in [0.2, 0.25) is 5.02 Å². The minimum atomic E-state index is -0.822. The van der Waals surface area contributed by atoms with E-state index in [0.717, 1.165) is 23.4 Å². The van der Waals surface area contributed by atoms with Gasteiger partial charge in [0.1, 0.15) is 0 Å². The van der Waals surface area contributed by atoms with Crippen LogP contribution in [0.25, 0.3) is 0 Å². The van der Waals surface area contributed by atoms with Crippen molar-refractivity contribution in [1.29, 1.82) is 0 Å². The van der Waals surface area contributed by atoms with Crippen molar-refractivity contribution >= 4 is 23.6 Å². The minimum absolute atomic E-state index is 0.147. The lowest BCUT2D eigenvalue weighted by Crippen LogP contribution is -2.48. The molecule has 1 aliphatic carbocycles. The fraction of sp³-hybridized carbons (Fsp3) is 0.500. The fourth-order valence-corrected chi connectivity index (χ4v) is 3.50. The number of halogens is 1. The maximum Gasteiger partial charge on any atom is 0.317 e. The van der Waals surface area contributed by atoms with Crippen molar-refractivity contribution < 1.29 is 14.7 Å². The van der Waals surface area contributed by atoms with E-state index >= 15 is 0 Å². The van der Waals surface area contributed by atoms with Crippen molar-refractivity contribution in [3.05, 3.63) is 34.9 Å². The number of aliphatic carboxylic acids is 1. The van der Waals surface area contributed by atoms with Crippen LogP contribution in [-0.4, -0.2) is 41.1 Å². The van der Waals surface area contributed by atoms with Gasteiger partial charge in [-0.2, -0.15) is 0 Å². The molecule has 0 bridgehead atoms. The van der Waals surface area contributed by atoms with Crippen LogP contribution in [0.1, 0.15) is 30.7 Å². The fourth-order valence-electron chi connectivity index (χ4n) is 3.21. The van der Waals surface area contributed by atoms with Crippen LogP contribution in [-0.2, 0) is 4.79 Å². The third-order valence-electron chi connectivity index (χ3n) is 4.64. The molecule has 5 nitrogen and oxygen atoms in total. The van der Waals surface area contributed by atoms with Gasteiger partial charge in [0.25, 0.3) is 0 Å². The van der Waals surface area contributed by atoms with Gasteiger partial charge in [-0.25, -0.2) is 4.79 Å². The Morgan fingerprint density at radius 1 is 1.27 bits per heavy atom. The summed E-state index contributed by atoms with van der Waals surface area (Å²) in [6.07, 6.45) is 2.30. The number of hydrogen-bond acceptors (Lipinski definition) is 2. The van der Waals surface area contributed by atoms with Gasteiger partial charge >= 0.3 is 12.0 Å². The first kappa shape index (κ1) is 15.2. The number of nitrogens with zero attached hydrogens (tertiary/aromatic N) is 1. The van der Waals surface area contributed by atoms with Crippen LogP contribution < -0.4 is 5.32 Å². The predicted octanol–water partition coefficient (Wildman–Crippen LogP) is 2.70. The summed E-state index contributed by atoms with van der Waals surface area (Å²) in [6.45, 7) is 0.825.